The molecule has 0 spiro atoms. The van der Waals surface area contributed by atoms with E-state index in [9.17, 15) is 4.79 Å². The van der Waals surface area contributed by atoms with E-state index in [0.717, 1.165) is 18.3 Å². The quantitative estimate of drug-likeness (QED) is 0.911. The molecule has 5 nitrogen and oxygen atoms in total. The molecule has 110 valence electrons. The molecule has 21 heavy (non-hydrogen) atoms. The molecule has 1 fully saturated rings. The van der Waals surface area contributed by atoms with Crippen LogP contribution < -0.4 is 5.32 Å². The summed E-state index contributed by atoms with van der Waals surface area (Å²) in [5.74, 6) is -0.0843. The molecule has 1 saturated carbocycles. The Hall–Kier alpha value is -2.14. The highest BCUT2D eigenvalue weighted by molar-refractivity contribution is 5.91. The minimum Gasteiger partial charge on any atom is -0.343 e. The van der Waals surface area contributed by atoms with E-state index in [1.807, 2.05) is 18.3 Å². The zero-order chi connectivity index (χ0) is 14.8. The Kier molecular flexibility index (Phi) is 3.75. The molecule has 3 rings (SSSR count). The normalized spacial score (nSPS) is 14.2. The monoisotopic (exact) mass is 284 g/mol. The molecule has 0 bridgehead atoms. The fourth-order valence-electron chi connectivity index (χ4n) is 2.13. The van der Waals surface area contributed by atoms with E-state index in [0.29, 0.717) is 5.69 Å². The highest BCUT2D eigenvalue weighted by Gasteiger charge is 2.19. The van der Waals surface area contributed by atoms with Crippen LogP contribution in [0.1, 0.15) is 28.9 Å². The van der Waals surface area contributed by atoms with Gasteiger partial charge in [0.05, 0.1) is 5.69 Å². The summed E-state index contributed by atoms with van der Waals surface area (Å²) in [6, 6.07) is 10.7. The summed E-state index contributed by atoms with van der Waals surface area (Å²) >= 11 is 0. The van der Waals surface area contributed by atoms with Crippen LogP contribution in [0.5, 0.6) is 0 Å². The fourth-order valence-corrected chi connectivity index (χ4v) is 2.13. The Balaban J connectivity index is 1.69. The smallest absolute Gasteiger partial charge is 0.273 e. The second-order valence-electron chi connectivity index (χ2n) is 5.67. The summed E-state index contributed by atoms with van der Waals surface area (Å²) in [4.78, 5) is 13.4. The van der Waals surface area contributed by atoms with Crippen LogP contribution in [0.3, 0.4) is 0 Å². The van der Waals surface area contributed by atoms with Gasteiger partial charge >= 0.3 is 0 Å². The third kappa shape index (κ3) is 3.31. The van der Waals surface area contributed by atoms with Crippen LogP contribution in [0.15, 0.2) is 36.5 Å². The Morgan fingerprint density at radius 3 is 2.62 bits per heavy atom. The first-order chi connectivity index (χ1) is 10.1. The topological polar surface area (TPSA) is 50.2 Å². The summed E-state index contributed by atoms with van der Waals surface area (Å²) in [5.41, 5.74) is 2.69. The van der Waals surface area contributed by atoms with Crippen molar-refractivity contribution >= 4 is 5.91 Å². The van der Waals surface area contributed by atoms with Crippen molar-refractivity contribution in [2.75, 3.05) is 14.1 Å². The molecule has 0 unspecified atom stereocenters. The van der Waals surface area contributed by atoms with Gasteiger partial charge in [-0.1, -0.05) is 12.1 Å². The molecule has 1 N–H and O–H groups in total. The lowest BCUT2D eigenvalue weighted by molar-refractivity contribution is 0.0821. The number of aromatic nitrogens is 2. The number of benzene rings is 1. The number of hydrogen-bond donors (Lipinski definition) is 1. The maximum absolute atomic E-state index is 11.8. The number of rotatable bonds is 5. The molecular weight excluding hydrogens is 264 g/mol. The van der Waals surface area contributed by atoms with E-state index < -0.39 is 0 Å². The average Bonchev–Trinajstić information content (AvgIpc) is 3.19. The van der Waals surface area contributed by atoms with Gasteiger partial charge in [-0.2, -0.15) is 5.10 Å². The lowest BCUT2D eigenvalue weighted by atomic mass is 10.2. The maximum Gasteiger partial charge on any atom is 0.273 e. The van der Waals surface area contributed by atoms with Gasteiger partial charge in [-0.3, -0.25) is 4.79 Å². The summed E-state index contributed by atoms with van der Waals surface area (Å²) < 4.78 is 1.73. The van der Waals surface area contributed by atoms with Crippen molar-refractivity contribution in [1.29, 1.82) is 0 Å². The van der Waals surface area contributed by atoms with E-state index in [4.69, 9.17) is 0 Å². The van der Waals surface area contributed by atoms with Gasteiger partial charge in [-0.05, 0) is 36.6 Å². The van der Waals surface area contributed by atoms with Crippen LogP contribution in [0, 0.1) is 0 Å². The Bertz CT molecular complexity index is 626. The van der Waals surface area contributed by atoms with Crippen LogP contribution in [0.2, 0.25) is 0 Å². The second-order valence-corrected chi connectivity index (χ2v) is 5.67. The first-order valence-corrected chi connectivity index (χ1v) is 7.23. The molecule has 1 amide bonds. The Morgan fingerprint density at radius 1 is 1.29 bits per heavy atom. The van der Waals surface area contributed by atoms with Crippen molar-refractivity contribution < 1.29 is 4.79 Å². The molecule has 1 aliphatic carbocycles. The van der Waals surface area contributed by atoms with Gasteiger partial charge < -0.3 is 10.2 Å². The van der Waals surface area contributed by atoms with Crippen molar-refractivity contribution in [2.24, 2.45) is 0 Å². The predicted octanol–water partition coefficient (Wildman–Crippen LogP) is 1.83. The number of amides is 1. The molecule has 1 aliphatic rings. The molecule has 0 radical (unpaired) electrons. The number of nitrogens with zero attached hydrogens (tertiary/aromatic N) is 3. The van der Waals surface area contributed by atoms with Crippen molar-refractivity contribution in [3.05, 3.63) is 47.8 Å². The molecular formula is C16H20N4O. The zero-order valence-electron chi connectivity index (χ0n) is 12.4. The minimum absolute atomic E-state index is 0.0843. The molecule has 1 aromatic carbocycles. The molecule has 0 saturated heterocycles. The van der Waals surface area contributed by atoms with E-state index in [1.165, 1.54) is 23.3 Å². The summed E-state index contributed by atoms with van der Waals surface area (Å²) in [6.45, 7) is 0.911. The van der Waals surface area contributed by atoms with Crippen LogP contribution in [0.25, 0.3) is 5.69 Å². The van der Waals surface area contributed by atoms with Crippen molar-refractivity contribution in [3.8, 4) is 5.69 Å². The molecule has 0 aliphatic heterocycles. The summed E-state index contributed by atoms with van der Waals surface area (Å²) in [5, 5.41) is 7.82. The summed E-state index contributed by atoms with van der Waals surface area (Å²) in [7, 11) is 3.45. The fraction of sp³-hybridized carbons (Fsp3) is 0.375. The minimum atomic E-state index is -0.0843. The highest BCUT2D eigenvalue weighted by atomic mass is 16.2. The van der Waals surface area contributed by atoms with Gasteiger partial charge in [0.15, 0.2) is 5.69 Å². The second kappa shape index (κ2) is 5.69. The van der Waals surface area contributed by atoms with E-state index in [1.54, 1.807) is 24.8 Å². The van der Waals surface area contributed by atoms with Gasteiger partial charge in [0.1, 0.15) is 0 Å². The largest absolute Gasteiger partial charge is 0.343 e. The molecule has 1 heterocycles. The maximum atomic E-state index is 11.8. The standard InChI is InChI=1S/C16H20N4O/c1-19(2)16(21)15-9-10-20(18-15)14-7-3-12(4-8-14)11-17-13-5-6-13/h3-4,7-10,13,17H,5-6,11H2,1-2H3. The Morgan fingerprint density at radius 2 is 2.00 bits per heavy atom. The van der Waals surface area contributed by atoms with E-state index >= 15 is 0 Å². The average molecular weight is 284 g/mol. The first-order valence-electron chi connectivity index (χ1n) is 7.23. The zero-order valence-corrected chi connectivity index (χ0v) is 12.4. The van der Waals surface area contributed by atoms with Gasteiger partial charge in [-0.25, -0.2) is 4.68 Å². The third-order valence-electron chi connectivity index (χ3n) is 3.59. The number of carbonyl (C=O) groups excluding carboxylic acids is 1. The van der Waals surface area contributed by atoms with Gasteiger partial charge in [-0.15, -0.1) is 0 Å². The van der Waals surface area contributed by atoms with Crippen molar-refractivity contribution in [2.45, 2.75) is 25.4 Å². The highest BCUT2D eigenvalue weighted by Crippen LogP contribution is 2.19. The summed E-state index contributed by atoms with van der Waals surface area (Å²) in [6.07, 6.45) is 4.41. The predicted molar refractivity (Wildman–Crippen MR) is 81.4 cm³/mol. The van der Waals surface area contributed by atoms with Crippen LogP contribution in [-0.4, -0.2) is 40.7 Å². The molecule has 2 aromatic rings. The Labute approximate surface area is 124 Å². The lowest BCUT2D eigenvalue weighted by Gasteiger charge is -2.07. The molecule has 0 atom stereocenters. The van der Waals surface area contributed by atoms with Gasteiger partial charge in [0.2, 0.25) is 0 Å². The van der Waals surface area contributed by atoms with Gasteiger partial charge in [0.25, 0.3) is 5.91 Å². The van der Waals surface area contributed by atoms with Crippen LogP contribution in [-0.2, 0) is 6.54 Å². The van der Waals surface area contributed by atoms with Crippen LogP contribution in [0.4, 0.5) is 0 Å². The lowest BCUT2D eigenvalue weighted by Crippen LogP contribution is -2.22. The van der Waals surface area contributed by atoms with Crippen LogP contribution >= 0.6 is 0 Å². The molecule has 1 aromatic heterocycles. The van der Waals surface area contributed by atoms with Crippen molar-refractivity contribution in [3.63, 3.8) is 0 Å². The van der Waals surface area contributed by atoms with Gasteiger partial charge in [0, 0.05) is 32.9 Å². The van der Waals surface area contributed by atoms with E-state index in [-0.39, 0.29) is 5.91 Å². The SMILES string of the molecule is CN(C)C(=O)c1ccn(-c2ccc(CNC3CC3)cc2)n1. The van der Waals surface area contributed by atoms with Crippen molar-refractivity contribution in [1.82, 2.24) is 20.0 Å². The third-order valence-corrected chi connectivity index (χ3v) is 3.59. The molecule has 5 heteroatoms. The number of carbonyl (C=O) groups is 1. The number of nitrogens with one attached hydrogen (secondary N) is 1. The number of hydrogen-bond acceptors (Lipinski definition) is 3. The first kappa shape index (κ1) is 13.8. The van der Waals surface area contributed by atoms with E-state index in [2.05, 4.69) is 22.5 Å².